The summed E-state index contributed by atoms with van der Waals surface area (Å²) in [5, 5.41) is 9.62. The van der Waals surface area contributed by atoms with Crippen LogP contribution < -0.4 is 11.5 Å². The summed E-state index contributed by atoms with van der Waals surface area (Å²) in [5.41, 5.74) is 13.0. The molecule has 0 unspecified atom stereocenters. The van der Waals surface area contributed by atoms with Gasteiger partial charge >= 0.3 is 0 Å². The van der Waals surface area contributed by atoms with Crippen molar-refractivity contribution in [3.63, 3.8) is 0 Å². The first-order chi connectivity index (χ1) is 9.51. The Bertz CT molecular complexity index is 664. The first kappa shape index (κ1) is 14.2. The minimum absolute atomic E-state index is 0.00333. The van der Waals surface area contributed by atoms with Gasteiger partial charge in [-0.2, -0.15) is 5.26 Å². The van der Waals surface area contributed by atoms with E-state index >= 15 is 0 Å². The zero-order chi connectivity index (χ0) is 14.7. The lowest BCUT2D eigenvalue weighted by Crippen LogP contribution is -2.01. The van der Waals surface area contributed by atoms with Crippen LogP contribution in [0.3, 0.4) is 0 Å². The van der Waals surface area contributed by atoms with E-state index in [-0.39, 0.29) is 16.9 Å². The van der Waals surface area contributed by atoms with Crippen LogP contribution in [0.4, 0.5) is 15.9 Å². The summed E-state index contributed by atoms with van der Waals surface area (Å²) in [7, 11) is 0. The van der Waals surface area contributed by atoms with Crippen molar-refractivity contribution in [1.82, 2.24) is 4.98 Å². The highest BCUT2D eigenvalue weighted by atomic mass is 32.2. The lowest BCUT2D eigenvalue weighted by Gasteiger charge is -2.13. The summed E-state index contributed by atoms with van der Waals surface area (Å²) < 4.78 is 12.9. The van der Waals surface area contributed by atoms with Crippen molar-refractivity contribution in [2.24, 2.45) is 0 Å². The number of aromatic nitrogens is 1. The fourth-order valence-corrected chi connectivity index (χ4v) is 2.79. The lowest BCUT2D eigenvalue weighted by atomic mass is 10.2. The van der Waals surface area contributed by atoms with E-state index in [4.69, 9.17) is 16.7 Å². The fraction of sp³-hybridized carbons (Fsp3) is 0.143. The van der Waals surface area contributed by atoms with E-state index in [2.05, 4.69) is 4.98 Å². The molecule has 0 amide bonds. The van der Waals surface area contributed by atoms with Crippen molar-refractivity contribution in [2.75, 3.05) is 11.5 Å². The molecule has 0 saturated carbocycles. The summed E-state index contributed by atoms with van der Waals surface area (Å²) in [5.74, 6) is -0.00899. The molecule has 0 aliphatic rings. The molecule has 2 aromatic rings. The molecular formula is C14H13FN4S. The molecule has 1 heterocycles. The van der Waals surface area contributed by atoms with E-state index in [0.717, 1.165) is 5.56 Å². The quantitative estimate of drug-likeness (QED) is 0.847. The third-order valence-corrected chi connectivity index (χ3v) is 3.92. The van der Waals surface area contributed by atoms with Gasteiger partial charge in [-0.3, -0.25) is 0 Å². The number of anilines is 2. The Balaban J connectivity index is 2.30. The third kappa shape index (κ3) is 3.00. The smallest absolute Gasteiger partial charge is 0.126 e. The van der Waals surface area contributed by atoms with Crippen LogP contribution in [-0.4, -0.2) is 4.98 Å². The standard InChI is InChI=1S/C14H13FN4S/c1-8(9-2-4-10(15)5-3-9)20-14-11(7-16)12(17)6-13(18)19-14/h2-6,8H,1H3,(H4,17,18,19)/t8-/m1/s1. The van der Waals surface area contributed by atoms with Crippen LogP contribution in [0, 0.1) is 17.1 Å². The number of rotatable bonds is 3. The van der Waals surface area contributed by atoms with Crippen LogP contribution >= 0.6 is 11.8 Å². The Morgan fingerprint density at radius 3 is 2.55 bits per heavy atom. The van der Waals surface area contributed by atoms with Crippen LogP contribution in [0.1, 0.15) is 23.3 Å². The summed E-state index contributed by atoms with van der Waals surface area (Å²) in [6.45, 7) is 1.94. The average molecular weight is 288 g/mol. The van der Waals surface area contributed by atoms with Gasteiger partial charge in [0.1, 0.15) is 28.3 Å². The van der Waals surface area contributed by atoms with E-state index in [1.54, 1.807) is 12.1 Å². The molecule has 0 bridgehead atoms. The number of hydrogen-bond acceptors (Lipinski definition) is 5. The van der Waals surface area contributed by atoms with Gasteiger partial charge < -0.3 is 11.5 Å². The summed E-state index contributed by atoms with van der Waals surface area (Å²) in [6.07, 6.45) is 0. The molecule has 0 aliphatic carbocycles. The molecule has 1 atom stereocenters. The van der Waals surface area contributed by atoms with Gasteiger partial charge in [0.15, 0.2) is 0 Å². The highest BCUT2D eigenvalue weighted by molar-refractivity contribution is 7.99. The monoisotopic (exact) mass is 288 g/mol. The Morgan fingerprint density at radius 1 is 1.30 bits per heavy atom. The molecule has 1 aromatic heterocycles. The van der Waals surface area contributed by atoms with E-state index in [0.29, 0.717) is 16.3 Å². The second-order valence-corrected chi connectivity index (χ2v) is 5.57. The zero-order valence-electron chi connectivity index (χ0n) is 10.8. The van der Waals surface area contributed by atoms with Crippen molar-refractivity contribution in [3.8, 4) is 6.07 Å². The molecule has 4 nitrogen and oxygen atoms in total. The average Bonchev–Trinajstić information content (AvgIpc) is 2.39. The summed E-state index contributed by atoms with van der Waals surface area (Å²) in [4.78, 5) is 4.15. The van der Waals surface area contributed by atoms with Gasteiger partial charge in [-0.1, -0.05) is 23.9 Å². The Kier molecular flexibility index (Phi) is 4.11. The van der Waals surface area contributed by atoms with E-state index in [1.165, 1.54) is 30.0 Å². The van der Waals surface area contributed by atoms with E-state index < -0.39 is 0 Å². The van der Waals surface area contributed by atoms with Crippen molar-refractivity contribution in [3.05, 3.63) is 47.3 Å². The number of pyridine rings is 1. The van der Waals surface area contributed by atoms with Gasteiger partial charge in [0.25, 0.3) is 0 Å². The van der Waals surface area contributed by atoms with Crippen molar-refractivity contribution in [1.29, 1.82) is 5.26 Å². The first-order valence-electron chi connectivity index (χ1n) is 5.89. The molecule has 0 radical (unpaired) electrons. The van der Waals surface area contributed by atoms with Crippen molar-refractivity contribution < 1.29 is 4.39 Å². The maximum atomic E-state index is 12.9. The first-order valence-corrected chi connectivity index (χ1v) is 6.77. The molecule has 102 valence electrons. The number of benzene rings is 1. The molecule has 6 heteroatoms. The van der Waals surface area contributed by atoms with Crippen molar-refractivity contribution in [2.45, 2.75) is 17.2 Å². The number of nitrogen functional groups attached to an aromatic ring is 2. The van der Waals surface area contributed by atoms with Crippen LogP contribution in [-0.2, 0) is 0 Å². The zero-order valence-corrected chi connectivity index (χ0v) is 11.6. The topological polar surface area (TPSA) is 88.7 Å². The molecule has 2 rings (SSSR count). The predicted molar refractivity (Wildman–Crippen MR) is 78.4 cm³/mol. The van der Waals surface area contributed by atoms with E-state index in [1.807, 2.05) is 13.0 Å². The SMILES string of the molecule is C[C@@H](Sc1nc(N)cc(N)c1C#N)c1ccc(F)cc1. The molecule has 1 aromatic carbocycles. The predicted octanol–water partition coefficient (Wildman–Crippen LogP) is 3.11. The number of thioether (sulfide) groups is 1. The van der Waals surface area contributed by atoms with Crippen LogP contribution in [0.25, 0.3) is 0 Å². The molecule has 0 fully saturated rings. The van der Waals surface area contributed by atoms with Crippen LogP contribution in [0.2, 0.25) is 0 Å². The van der Waals surface area contributed by atoms with Gasteiger partial charge in [-0.05, 0) is 24.6 Å². The Hall–Kier alpha value is -2.26. The maximum absolute atomic E-state index is 12.9. The van der Waals surface area contributed by atoms with Gasteiger partial charge in [-0.25, -0.2) is 9.37 Å². The van der Waals surface area contributed by atoms with Gasteiger partial charge in [-0.15, -0.1) is 0 Å². The number of nitriles is 1. The highest BCUT2D eigenvalue weighted by Gasteiger charge is 2.15. The van der Waals surface area contributed by atoms with Gasteiger partial charge in [0, 0.05) is 11.3 Å². The molecule has 20 heavy (non-hydrogen) atoms. The second-order valence-electron chi connectivity index (χ2n) is 4.24. The summed E-state index contributed by atoms with van der Waals surface area (Å²) >= 11 is 1.37. The molecule has 0 saturated heterocycles. The lowest BCUT2D eigenvalue weighted by molar-refractivity contribution is 0.627. The number of halogens is 1. The Labute approximate surface area is 120 Å². The molecule has 0 spiro atoms. The fourth-order valence-electron chi connectivity index (χ4n) is 1.73. The van der Waals surface area contributed by atoms with Crippen molar-refractivity contribution >= 4 is 23.3 Å². The number of nitrogens with zero attached hydrogens (tertiary/aromatic N) is 2. The summed E-state index contributed by atoms with van der Waals surface area (Å²) in [6, 6.07) is 9.71. The van der Waals surface area contributed by atoms with Gasteiger partial charge in [0.05, 0.1) is 5.69 Å². The molecule has 4 N–H and O–H groups in total. The minimum atomic E-state index is -0.282. The minimum Gasteiger partial charge on any atom is -0.397 e. The largest absolute Gasteiger partial charge is 0.397 e. The number of nitrogens with two attached hydrogens (primary N) is 2. The molecular weight excluding hydrogens is 275 g/mol. The van der Waals surface area contributed by atoms with Crippen LogP contribution in [0.5, 0.6) is 0 Å². The Morgan fingerprint density at radius 2 is 1.95 bits per heavy atom. The maximum Gasteiger partial charge on any atom is 0.126 e. The molecule has 0 aliphatic heterocycles. The third-order valence-electron chi connectivity index (χ3n) is 2.78. The number of hydrogen-bond donors (Lipinski definition) is 2. The normalized spacial score (nSPS) is 11.8. The van der Waals surface area contributed by atoms with E-state index in [9.17, 15) is 4.39 Å². The van der Waals surface area contributed by atoms with Gasteiger partial charge in [0.2, 0.25) is 0 Å². The second kappa shape index (κ2) is 5.80. The van der Waals surface area contributed by atoms with Crippen LogP contribution in [0.15, 0.2) is 35.4 Å². The highest BCUT2D eigenvalue weighted by Crippen LogP contribution is 2.37.